The Morgan fingerprint density at radius 2 is 1.62 bits per heavy atom. The predicted molar refractivity (Wildman–Crippen MR) is 129 cm³/mol. The molecule has 0 spiro atoms. The molecule has 0 atom stereocenters. The second-order valence-electron chi connectivity index (χ2n) is 8.72. The number of halogens is 5. The van der Waals surface area contributed by atoms with Crippen molar-refractivity contribution in [3.63, 3.8) is 0 Å². The van der Waals surface area contributed by atoms with E-state index >= 15 is 0 Å². The zero-order valence-corrected chi connectivity index (χ0v) is 19.8. The molecule has 1 saturated carbocycles. The van der Waals surface area contributed by atoms with E-state index in [9.17, 15) is 31.5 Å². The fourth-order valence-electron chi connectivity index (χ4n) is 3.67. The van der Waals surface area contributed by atoms with Crippen molar-refractivity contribution in [2.75, 3.05) is 10.6 Å². The summed E-state index contributed by atoms with van der Waals surface area (Å²) in [5, 5.41) is 11.4. The highest BCUT2D eigenvalue weighted by Gasteiger charge is 2.32. The zero-order valence-electron chi connectivity index (χ0n) is 19.8. The fraction of sp³-hybridized carbons (Fsp3) is 0.154. The molecular weight excluding hydrogens is 523 g/mol. The lowest BCUT2D eigenvalue weighted by Gasteiger charge is -2.12. The largest absolute Gasteiger partial charge is 0.418 e. The number of anilines is 2. The minimum absolute atomic E-state index is 0.0197. The zero-order chi connectivity index (χ0) is 27.7. The van der Waals surface area contributed by atoms with Crippen LogP contribution >= 0.6 is 0 Å². The quantitative estimate of drug-likeness (QED) is 0.313. The number of aromatic nitrogens is 4. The van der Waals surface area contributed by atoms with E-state index in [0.29, 0.717) is 35.4 Å². The topological polar surface area (TPSA) is 110 Å². The van der Waals surface area contributed by atoms with Gasteiger partial charge in [0.1, 0.15) is 17.5 Å². The number of rotatable bonds is 6. The number of pyridine rings is 2. The van der Waals surface area contributed by atoms with Gasteiger partial charge in [-0.1, -0.05) is 0 Å². The average molecular weight is 540 g/mol. The molecule has 2 N–H and O–H groups in total. The Labute approximate surface area is 217 Å². The van der Waals surface area contributed by atoms with Crippen LogP contribution in [0, 0.1) is 17.6 Å². The smallest absolute Gasteiger partial charge is 0.318 e. The van der Waals surface area contributed by atoms with E-state index in [-0.39, 0.29) is 23.0 Å². The summed E-state index contributed by atoms with van der Waals surface area (Å²) in [6, 6.07) is 8.24. The SMILES string of the molecule is O=C(Nc1cc(-c2ccnc(-c3ccnc(NC(=O)C4CC4)c3)c2)c(F)cc1F)c1cc(C(F)(F)F)cnn1. The van der Waals surface area contributed by atoms with Gasteiger partial charge in [-0.15, -0.1) is 5.10 Å². The molecule has 0 unspecified atom stereocenters. The maximum atomic E-state index is 14.8. The van der Waals surface area contributed by atoms with Crippen LogP contribution in [-0.4, -0.2) is 32.0 Å². The average Bonchev–Trinajstić information content (AvgIpc) is 3.76. The number of amides is 2. The third-order valence-corrected chi connectivity index (χ3v) is 5.85. The van der Waals surface area contributed by atoms with Crippen molar-refractivity contribution in [1.29, 1.82) is 0 Å². The summed E-state index contributed by atoms with van der Waals surface area (Å²) in [5.41, 5.74) is -1.28. The van der Waals surface area contributed by atoms with Crippen LogP contribution in [0.1, 0.15) is 28.9 Å². The Balaban J connectivity index is 1.42. The number of carbonyl (C=O) groups excluding carboxylic acids is 2. The first-order valence-electron chi connectivity index (χ1n) is 11.5. The highest BCUT2D eigenvalue weighted by molar-refractivity contribution is 6.03. The molecule has 1 fully saturated rings. The first-order valence-corrected chi connectivity index (χ1v) is 11.5. The molecule has 3 heterocycles. The molecule has 13 heteroatoms. The summed E-state index contributed by atoms with van der Waals surface area (Å²) >= 11 is 0. The number of alkyl halides is 3. The second-order valence-corrected chi connectivity index (χ2v) is 8.72. The van der Waals surface area contributed by atoms with Crippen LogP contribution in [0.4, 0.5) is 33.5 Å². The molecule has 3 aromatic heterocycles. The van der Waals surface area contributed by atoms with E-state index in [4.69, 9.17) is 0 Å². The molecule has 1 aliphatic rings. The van der Waals surface area contributed by atoms with E-state index in [2.05, 4.69) is 30.8 Å². The van der Waals surface area contributed by atoms with Crippen LogP contribution in [-0.2, 0) is 11.0 Å². The number of nitrogens with zero attached hydrogens (tertiary/aromatic N) is 4. The van der Waals surface area contributed by atoms with Crippen molar-refractivity contribution in [1.82, 2.24) is 20.2 Å². The maximum absolute atomic E-state index is 14.8. The maximum Gasteiger partial charge on any atom is 0.418 e. The van der Waals surface area contributed by atoms with Crippen molar-refractivity contribution in [2.24, 2.45) is 5.92 Å². The third-order valence-electron chi connectivity index (χ3n) is 5.85. The van der Waals surface area contributed by atoms with Crippen molar-refractivity contribution < 1.29 is 31.5 Å². The van der Waals surface area contributed by atoms with Gasteiger partial charge in [0.15, 0.2) is 5.69 Å². The molecule has 4 aromatic rings. The van der Waals surface area contributed by atoms with Gasteiger partial charge in [-0.3, -0.25) is 14.6 Å². The highest BCUT2D eigenvalue weighted by atomic mass is 19.4. The van der Waals surface area contributed by atoms with Crippen molar-refractivity contribution in [2.45, 2.75) is 19.0 Å². The molecule has 39 heavy (non-hydrogen) atoms. The Morgan fingerprint density at radius 3 is 2.36 bits per heavy atom. The van der Waals surface area contributed by atoms with Crippen LogP contribution in [0.5, 0.6) is 0 Å². The normalized spacial score (nSPS) is 13.2. The van der Waals surface area contributed by atoms with Crippen LogP contribution in [0.3, 0.4) is 0 Å². The molecule has 2 amide bonds. The van der Waals surface area contributed by atoms with Gasteiger partial charge in [0, 0.05) is 35.5 Å². The lowest BCUT2D eigenvalue weighted by Crippen LogP contribution is -2.17. The monoisotopic (exact) mass is 540 g/mol. The fourth-order valence-corrected chi connectivity index (χ4v) is 3.67. The minimum atomic E-state index is -4.77. The van der Waals surface area contributed by atoms with Crippen molar-refractivity contribution in [3.05, 3.63) is 83.9 Å². The molecule has 1 aliphatic carbocycles. The molecule has 0 saturated heterocycles. The molecule has 5 rings (SSSR count). The molecule has 1 aromatic carbocycles. The number of nitrogens with one attached hydrogen (secondary N) is 2. The minimum Gasteiger partial charge on any atom is -0.318 e. The summed E-state index contributed by atoms with van der Waals surface area (Å²) in [4.78, 5) is 32.9. The van der Waals surface area contributed by atoms with Gasteiger partial charge < -0.3 is 10.6 Å². The van der Waals surface area contributed by atoms with E-state index < -0.39 is 40.7 Å². The van der Waals surface area contributed by atoms with E-state index in [1.807, 2.05) is 0 Å². The van der Waals surface area contributed by atoms with Gasteiger partial charge in [-0.05, 0) is 54.8 Å². The van der Waals surface area contributed by atoms with Crippen molar-refractivity contribution in [3.8, 4) is 22.4 Å². The van der Waals surface area contributed by atoms with E-state index in [1.54, 1.807) is 12.1 Å². The first-order chi connectivity index (χ1) is 18.6. The first kappa shape index (κ1) is 25.8. The predicted octanol–water partition coefficient (Wildman–Crippen LogP) is 5.50. The second kappa shape index (κ2) is 10.2. The van der Waals surface area contributed by atoms with Crippen LogP contribution in [0.15, 0.2) is 61.1 Å². The molecule has 198 valence electrons. The third kappa shape index (κ3) is 5.87. The van der Waals surface area contributed by atoms with Gasteiger partial charge in [0.05, 0.1) is 23.1 Å². The summed E-state index contributed by atoms with van der Waals surface area (Å²) < 4.78 is 68.2. The van der Waals surface area contributed by atoms with Gasteiger partial charge in [-0.2, -0.15) is 18.3 Å². The van der Waals surface area contributed by atoms with Gasteiger partial charge in [0.2, 0.25) is 5.91 Å². The van der Waals surface area contributed by atoms with E-state index in [0.717, 1.165) is 18.9 Å². The highest BCUT2D eigenvalue weighted by Crippen LogP contribution is 2.33. The van der Waals surface area contributed by atoms with Crippen LogP contribution in [0.25, 0.3) is 22.4 Å². The summed E-state index contributed by atoms with van der Waals surface area (Å²) in [7, 11) is 0. The summed E-state index contributed by atoms with van der Waals surface area (Å²) in [6.07, 6.45) is 0.210. The number of hydrogen-bond donors (Lipinski definition) is 2. The summed E-state index contributed by atoms with van der Waals surface area (Å²) in [6.45, 7) is 0. The number of hydrogen-bond acceptors (Lipinski definition) is 6. The van der Waals surface area contributed by atoms with Gasteiger partial charge in [-0.25, -0.2) is 13.8 Å². The Bertz CT molecular complexity index is 1590. The molecule has 8 nitrogen and oxygen atoms in total. The van der Waals surface area contributed by atoms with E-state index in [1.165, 1.54) is 24.5 Å². The number of carbonyl (C=O) groups is 2. The van der Waals surface area contributed by atoms with Crippen LogP contribution in [0.2, 0.25) is 0 Å². The summed E-state index contributed by atoms with van der Waals surface area (Å²) in [5.74, 6) is -3.09. The van der Waals surface area contributed by atoms with Crippen LogP contribution < -0.4 is 10.6 Å². The molecule has 0 bridgehead atoms. The Hall–Kier alpha value is -4.81. The molecule has 0 radical (unpaired) electrons. The van der Waals surface area contributed by atoms with Gasteiger partial charge >= 0.3 is 6.18 Å². The molecule has 0 aliphatic heterocycles. The molecular formula is C26H17F5N6O2. The van der Waals surface area contributed by atoms with Gasteiger partial charge in [0.25, 0.3) is 5.91 Å². The Kier molecular flexibility index (Phi) is 6.73. The number of benzene rings is 1. The lowest BCUT2D eigenvalue weighted by molar-refractivity contribution is -0.138. The van der Waals surface area contributed by atoms with Crippen molar-refractivity contribution >= 4 is 23.3 Å². The Morgan fingerprint density at radius 1 is 0.872 bits per heavy atom. The lowest BCUT2D eigenvalue weighted by atomic mass is 10.0. The standard InChI is InChI=1S/C26H17F5N6O2/c27-18-11-19(28)21(35-25(39)22-9-16(12-34-37-22)26(29,30)31)10-17(18)14-3-5-32-20(7-14)15-4-6-33-23(8-15)36-24(38)13-1-2-13/h3-13H,1-2H2,(H,35,39)(H,33,36,38).